The molecule has 0 unspecified atom stereocenters. The van der Waals surface area contributed by atoms with E-state index in [1.807, 2.05) is 0 Å². The van der Waals surface area contributed by atoms with E-state index >= 15 is 0 Å². The van der Waals surface area contributed by atoms with E-state index in [1.54, 1.807) is 0 Å². The highest BCUT2D eigenvalue weighted by Crippen LogP contribution is 2.37. The molecule has 20 heavy (non-hydrogen) atoms. The highest BCUT2D eigenvalue weighted by molar-refractivity contribution is 5.37. The lowest BCUT2D eigenvalue weighted by atomic mass is 9.77. The maximum atomic E-state index is 3.25. The molecule has 1 aliphatic rings. The molecule has 0 spiro atoms. The van der Waals surface area contributed by atoms with Crippen molar-refractivity contribution in [1.82, 2.24) is 0 Å². The average Bonchev–Trinajstić information content (AvgIpc) is 2.49. The van der Waals surface area contributed by atoms with E-state index in [-0.39, 0.29) is 0 Å². The van der Waals surface area contributed by atoms with Crippen LogP contribution in [0.25, 0.3) is 0 Å². The molecule has 0 bridgehead atoms. The smallest absolute Gasteiger partial charge is 0.0245 e. The largest absolute Gasteiger partial charge is 0.0979 e. The number of unbranched alkanes of at least 4 members (excludes halogenated alkanes) is 1. The highest BCUT2D eigenvalue weighted by atomic mass is 14.3. The molecule has 1 aliphatic carbocycles. The second-order valence-electron chi connectivity index (χ2n) is 6.18. The number of hydrogen-bond donors (Lipinski definition) is 0. The van der Waals surface area contributed by atoms with Crippen molar-refractivity contribution in [2.24, 2.45) is 5.92 Å². The van der Waals surface area contributed by atoms with Crippen LogP contribution in [0.15, 0.2) is 24.3 Å². The Morgan fingerprint density at radius 2 is 1.65 bits per heavy atom. The zero-order valence-corrected chi connectivity index (χ0v) is 13.1. The molecule has 0 nitrogen and oxygen atoms in total. The van der Waals surface area contributed by atoms with E-state index < -0.39 is 0 Å². The van der Waals surface area contributed by atoms with Gasteiger partial charge in [0.1, 0.15) is 0 Å². The second kappa shape index (κ2) is 8.15. The highest BCUT2D eigenvalue weighted by Gasteiger charge is 2.21. The van der Waals surface area contributed by atoms with Crippen LogP contribution in [-0.4, -0.2) is 0 Å². The summed E-state index contributed by atoms with van der Waals surface area (Å²) in [6, 6.07) is 9.02. The van der Waals surface area contributed by atoms with Gasteiger partial charge in [0, 0.05) is 12.0 Å². The summed E-state index contributed by atoms with van der Waals surface area (Å²) in [5.41, 5.74) is 2.70. The molecule has 1 fully saturated rings. The summed E-state index contributed by atoms with van der Waals surface area (Å²) < 4.78 is 0. The van der Waals surface area contributed by atoms with Crippen LogP contribution < -0.4 is 0 Å². The van der Waals surface area contributed by atoms with Crippen molar-refractivity contribution in [1.29, 1.82) is 0 Å². The van der Waals surface area contributed by atoms with Crippen molar-refractivity contribution < 1.29 is 0 Å². The van der Waals surface area contributed by atoms with Crippen molar-refractivity contribution in [3.63, 3.8) is 0 Å². The van der Waals surface area contributed by atoms with Gasteiger partial charge in [-0.1, -0.05) is 50.7 Å². The van der Waals surface area contributed by atoms with E-state index in [4.69, 9.17) is 0 Å². The summed E-state index contributed by atoms with van der Waals surface area (Å²) in [5.74, 6) is 8.26. The predicted molar refractivity (Wildman–Crippen MR) is 87.8 cm³/mol. The summed E-state index contributed by atoms with van der Waals surface area (Å²) in [7, 11) is 0. The van der Waals surface area contributed by atoms with Gasteiger partial charge in [0.2, 0.25) is 0 Å². The van der Waals surface area contributed by atoms with E-state index in [0.717, 1.165) is 24.7 Å². The molecule has 0 saturated heterocycles. The Bertz CT molecular complexity index is 435. The van der Waals surface area contributed by atoms with Crippen molar-refractivity contribution in [3.8, 4) is 11.8 Å². The molecule has 1 aromatic rings. The van der Waals surface area contributed by atoms with Gasteiger partial charge in [0.05, 0.1) is 0 Å². The lowest BCUT2D eigenvalue weighted by Crippen LogP contribution is -2.13. The van der Waals surface area contributed by atoms with Gasteiger partial charge in [-0.25, -0.2) is 0 Å². The van der Waals surface area contributed by atoms with Crippen LogP contribution >= 0.6 is 0 Å². The third kappa shape index (κ3) is 4.41. The standard InChI is InChI=1S/C20H28/c1-3-5-6-8-18-11-15-20(16-12-18)19-13-9-17(7-4-2)10-14-19/h11-12,15-17,19H,3-5,7,9-10,13-14H2,1-2H3. The Morgan fingerprint density at radius 1 is 0.950 bits per heavy atom. The third-order valence-electron chi connectivity index (χ3n) is 4.53. The fourth-order valence-corrected chi connectivity index (χ4v) is 3.32. The van der Waals surface area contributed by atoms with Crippen molar-refractivity contribution in [2.45, 2.75) is 71.1 Å². The monoisotopic (exact) mass is 268 g/mol. The quantitative estimate of drug-likeness (QED) is 0.595. The van der Waals surface area contributed by atoms with E-state index in [1.165, 1.54) is 49.7 Å². The zero-order chi connectivity index (χ0) is 14.2. The molecule has 0 heteroatoms. The molecule has 0 N–H and O–H groups in total. The second-order valence-corrected chi connectivity index (χ2v) is 6.18. The first-order valence-corrected chi connectivity index (χ1v) is 8.42. The van der Waals surface area contributed by atoms with E-state index in [2.05, 4.69) is 50.0 Å². The molecular weight excluding hydrogens is 240 g/mol. The molecule has 0 heterocycles. The number of rotatable bonds is 4. The summed E-state index contributed by atoms with van der Waals surface area (Å²) in [5, 5.41) is 0. The SMILES string of the molecule is CCCC#Cc1ccc(C2CCC(CCC)CC2)cc1. The minimum atomic E-state index is 0.792. The molecule has 0 aliphatic heterocycles. The predicted octanol–water partition coefficient (Wildman–Crippen LogP) is 5.91. The molecule has 0 aromatic heterocycles. The molecular formula is C20H28. The van der Waals surface area contributed by atoms with Crippen LogP contribution in [0.4, 0.5) is 0 Å². The third-order valence-corrected chi connectivity index (χ3v) is 4.53. The van der Waals surface area contributed by atoms with E-state index in [0.29, 0.717) is 0 Å². The Kier molecular flexibility index (Phi) is 6.19. The summed E-state index contributed by atoms with van der Waals surface area (Å²) in [6.07, 6.45) is 10.5. The van der Waals surface area contributed by atoms with Gasteiger partial charge in [-0.05, 0) is 61.6 Å². The molecule has 0 amide bonds. The van der Waals surface area contributed by atoms with Crippen LogP contribution in [0, 0.1) is 17.8 Å². The van der Waals surface area contributed by atoms with Gasteiger partial charge in [0.25, 0.3) is 0 Å². The fraction of sp³-hybridized carbons (Fsp3) is 0.600. The first-order valence-electron chi connectivity index (χ1n) is 8.42. The first-order chi connectivity index (χ1) is 9.83. The van der Waals surface area contributed by atoms with Crippen LogP contribution in [0.5, 0.6) is 0 Å². The van der Waals surface area contributed by atoms with Crippen LogP contribution in [0.2, 0.25) is 0 Å². The first kappa shape index (κ1) is 15.2. The topological polar surface area (TPSA) is 0 Å². The lowest BCUT2D eigenvalue weighted by molar-refractivity contribution is 0.308. The number of benzene rings is 1. The van der Waals surface area contributed by atoms with Crippen molar-refractivity contribution >= 4 is 0 Å². The maximum Gasteiger partial charge on any atom is 0.0245 e. The lowest BCUT2D eigenvalue weighted by Gasteiger charge is -2.28. The zero-order valence-electron chi connectivity index (χ0n) is 13.1. The van der Waals surface area contributed by atoms with Gasteiger partial charge in [0.15, 0.2) is 0 Å². The Balaban J connectivity index is 1.89. The maximum absolute atomic E-state index is 3.25. The Labute approximate surface area is 125 Å². The van der Waals surface area contributed by atoms with Gasteiger partial charge >= 0.3 is 0 Å². The molecule has 0 atom stereocenters. The van der Waals surface area contributed by atoms with Gasteiger partial charge < -0.3 is 0 Å². The van der Waals surface area contributed by atoms with Crippen molar-refractivity contribution in [3.05, 3.63) is 35.4 Å². The van der Waals surface area contributed by atoms with Gasteiger partial charge in [-0.3, -0.25) is 0 Å². The summed E-state index contributed by atoms with van der Waals surface area (Å²) in [4.78, 5) is 0. The summed E-state index contributed by atoms with van der Waals surface area (Å²) >= 11 is 0. The van der Waals surface area contributed by atoms with Crippen molar-refractivity contribution in [2.75, 3.05) is 0 Å². The van der Waals surface area contributed by atoms with E-state index in [9.17, 15) is 0 Å². The summed E-state index contributed by atoms with van der Waals surface area (Å²) in [6.45, 7) is 4.48. The molecule has 1 saturated carbocycles. The van der Waals surface area contributed by atoms with Crippen LogP contribution in [-0.2, 0) is 0 Å². The Hall–Kier alpha value is -1.22. The van der Waals surface area contributed by atoms with Gasteiger partial charge in [-0.15, -0.1) is 0 Å². The molecule has 0 radical (unpaired) electrons. The number of hydrogen-bond acceptors (Lipinski definition) is 0. The minimum Gasteiger partial charge on any atom is -0.0979 e. The van der Waals surface area contributed by atoms with Gasteiger partial charge in [-0.2, -0.15) is 0 Å². The van der Waals surface area contributed by atoms with Crippen LogP contribution in [0.3, 0.4) is 0 Å². The molecule has 2 rings (SSSR count). The fourth-order valence-electron chi connectivity index (χ4n) is 3.32. The Morgan fingerprint density at radius 3 is 2.25 bits per heavy atom. The normalized spacial score (nSPS) is 22.1. The molecule has 1 aromatic carbocycles. The average molecular weight is 268 g/mol. The van der Waals surface area contributed by atoms with Crippen LogP contribution in [0.1, 0.15) is 82.3 Å². The minimum absolute atomic E-state index is 0.792. The molecule has 108 valence electrons.